The average molecular weight is 250 g/mol. The van der Waals surface area contributed by atoms with E-state index in [9.17, 15) is 5.11 Å². The summed E-state index contributed by atoms with van der Waals surface area (Å²) in [5.41, 5.74) is 0.724. The van der Waals surface area contributed by atoms with Gasteiger partial charge >= 0.3 is 0 Å². The van der Waals surface area contributed by atoms with Crippen LogP contribution >= 0.6 is 0 Å². The largest absolute Gasteiger partial charge is 0.486 e. The number of hydrogen-bond acceptors (Lipinski definition) is 3. The highest BCUT2D eigenvalue weighted by atomic mass is 16.6. The van der Waals surface area contributed by atoms with Crippen LogP contribution in [-0.2, 0) is 6.42 Å². The van der Waals surface area contributed by atoms with Crippen molar-refractivity contribution in [3.8, 4) is 11.5 Å². The van der Waals surface area contributed by atoms with E-state index in [1.807, 2.05) is 19.9 Å². The summed E-state index contributed by atoms with van der Waals surface area (Å²) in [6.45, 7) is 4.99. The molecule has 0 spiro atoms. The normalized spacial score (nSPS) is 14.6. The molecule has 1 aliphatic rings. The predicted molar refractivity (Wildman–Crippen MR) is 71.3 cm³/mol. The molecule has 3 heteroatoms. The van der Waals surface area contributed by atoms with Gasteiger partial charge in [-0.25, -0.2) is 0 Å². The molecular formula is C15H22O3. The number of aryl methyl sites for hydroxylation is 1. The fourth-order valence-electron chi connectivity index (χ4n) is 2.13. The zero-order valence-electron chi connectivity index (χ0n) is 11.2. The number of ether oxygens (including phenoxy) is 2. The van der Waals surface area contributed by atoms with Gasteiger partial charge in [0.05, 0.1) is 5.60 Å². The van der Waals surface area contributed by atoms with Crippen molar-refractivity contribution in [1.29, 1.82) is 0 Å². The van der Waals surface area contributed by atoms with Crippen LogP contribution in [0.15, 0.2) is 18.2 Å². The van der Waals surface area contributed by atoms with Crippen molar-refractivity contribution in [2.24, 2.45) is 0 Å². The minimum atomic E-state index is -0.549. The molecule has 1 aromatic rings. The summed E-state index contributed by atoms with van der Waals surface area (Å²) in [4.78, 5) is 0. The van der Waals surface area contributed by atoms with Crippen molar-refractivity contribution in [2.45, 2.75) is 45.1 Å². The lowest BCUT2D eigenvalue weighted by molar-refractivity contribution is 0.0682. The van der Waals surface area contributed by atoms with Gasteiger partial charge in [-0.15, -0.1) is 0 Å². The zero-order chi connectivity index (χ0) is 13.0. The van der Waals surface area contributed by atoms with Gasteiger partial charge in [-0.05, 0) is 50.8 Å². The highest BCUT2D eigenvalue weighted by Gasteiger charge is 2.13. The molecule has 0 bridgehead atoms. The van der Waals surface area contributed by atoms with Crippen LogP contribution in [0.3, 0.4) is 0 Å². The Labute approximate surface area is 109 Å². The Hall–Kier alpha value is -1.22. The van der Waals surface area contributed by atoms with E-state index in [1.165, 1.54) is 5.56 Å². The summed E-state index contributed by atoms with van der Waals surface area (Å²) in [5, 5.41) is 9.64. The third-order valence-electron chi connectivity index (χ3n) is 3.11. The molecule has 1 N–H and O–H groups in total. The van der Waals surface area contributed by atoms with Crippen molar-refractivity contribution in [2.75, 3.05) is 13.2 Å². The molecule has 0 amide bonds. The molecule has 0 atom stereocenters. The molecule has 0 aromatic heterocycles. The van der Waals surface area contributed by atoms with Crippen molar-refractivity contribution in [3.63, 3.8) is 0 Å². The zero-order valence-corrected chi connectivity index (χ0v) is 11.2. The SMILES string of the molecule is CC(C)(O)CCCCc1ccc2c(c1)OCCO2. The molecule has 1 aliphatic heterocycles. The van der Waals surface area contributed by atoms with E-state index in [2.05, 4.69) is 12.1 Å². The Morgan fingerprint density at radius 2 is 1.83 bits per heavy atom. The third-order valence-corrected chi connectivity index (χ3v) is 3.11. The highest BCUT2D eigenvalue weighted by molar-refractivity contribution is 5.43. The monoisotopic (exact) mass is 250 g/mol. The number of benzene rings is 1. The minimum absolute atomic E-state index is 0.549. The summed E-state index contributed by atoms with van der Waals surface area (Å²) in [6.07, 6.45) is 3.99. The number of hydrogen-bond donors (Lipinski definition) is 1. The number of fused-ring (bicyclic) bond motifs is 1. The lowest BCUT2D eigenvalue weighted by Crippen LogP contribution is -2.17. The maximum Gasteiger partial charge on any atom is 0.161 e. The second kappa shape index (κ2) is 5.61. The van der Waals surface area contributed by atoms with E-state index in [0.717, 1.165) is 37.2 Å². The highest BCUT2D eigenvalue weighted by Crippen LogP contribution is 2.31. The standard InChI is InChI=1S/C15H22O3/c1-15(2,16)8-4-3-5-12-6-7-13-14(11-12)18-10-9-17-13/h6-7,11,16H,3-5,8-10H2,1-2H3. The van der Waals surface area contributed by atoms with Gasteiger partial charge in [0.15, 0.2) is 11.5 Å². The molecule has 100 valence electrons. The van der Waals surface area contributed by atoms with Crippen molar-refractivity contribution >= 4 is 0 Å². The molecule has 3 nitrogen and oxygen atoms in total. The van der Waals surface area contributed by atoms with Gasteiger partial charge in [-0.2, -0.15) is 0 Å². The van der Waals surface area contributed by atoms with Crippen LogP contribution in [0.4, 0.5) is 0 Å². The summed E-state index contributed by atoms with van der Waals surface area (Å²) >= 11 is 0. The second-order valence-electron chi connectivity index (χ2n) is 5.50. The summed E-state index contributed by atoms with van der Waals surface area (Å²) in [7, 11) is 0. The van der Waals surface area contributed by atoms with Gasteiger partial charge in [0, 0.05) is 0 Å². The number of unbranched alkanes of at least 4 members (excludes halogenated alkanes) is 1. The average Bonchev–Trinajstić information content (AvgIpc) is 2.33. The molecule has 0 fully saturated rings. The summed E-state index contributed by atoms with van der Waals surface area (Å²) in [6, 6.07) is 6.15. The number of aliphatic hydroxyl groups is 1. The molecular weight excluding hydrogens is 228 g/mol. The lowest BCUT2D eigenvalue weighted by Gasteiger charge is -2.19. The molecule has 0 saturated heterocycles. The second-order valence-corrected chi connectivity index (χ2v) is 5.50. The van der Waals surface area contributed by atoms with Gasteiger partial charge in [-0.3, -0.25) is 0 Å². The Bertz CT molecular complexity index is 393. The van der Waals surface area contributed by atoms with Crippen LogP contribution in [0.2, 0.25) is 0 Å². The van der Waals surface area contributed by atoms with E-state index >= 15 is 0 Å². The maximum atomic E-state index is 9.64. The molecule has 1 heterocycles. The molecule has 0 unspecified atom stereocenters. The topological polar surface area (TPSA) is 38.7 Å². The van der Waals surface area contributed by atoms with Crippen LogP contribution < -0.4 is 9.47 Å². The van der Waals surface area contributed by atoms with E-state index in [4.69, 9.17) is 9.47 Å². The fourth-order valence-corrected chi connectivity index (χ4v) is 2.13. The molecule has 18 heavy (non-hydrogen) atoms. The first-order valence-corrected chi connectivity index (χ1v) is 6.65. The number of rotatable bonds is 5. The Morgan fingerprint density at radius 1 is 1.11 bits per heavy atom. The quantitative estimate of drug-likeness (QED) is 0.817. The van der Waals surface area contributed by atoms with Crippen molar-refractivity contribution in [1.82, 2.24) is 0 Å². The van der Waals surface area contributed by atoms with Gasteiger partial charge < -0.3 is 14.6 Å². The fraction of sp³-hybridized carbons (Fsp3) is 0.600. The van der Waals surface area contributed by atoms with E-state index in [-0.39, 0.29) is 0 Å². The molecule has 1 aromatic carbocycles. The van der Waals surface area contributed by atoms with Crippen LogP contribution in [0, 0.1) is 0 Å². The van der Waals surface area contributed by atoms with Gasteiger partial charge in [-0.1, -0.05) is 12.5 Å². The third kappa shape index (κ3) is 3.91. The Balaban J connectivity index is 1.83. The van der Waals surface area contributed by atoms with E-state index in [1.54, 1.807) is 0 Å². The predicted octanol–water partition coefficient (Wildman–Crippen LogP) is 2.94. The Morgan fingerprint density at radius 3 is 2.56 bits per heavy atom. The smallest absolute Gasteiger partial charge is 0.161 e. The van der Waals surface area contributed by atoms with Gasteiger partial charge in [0.1, 0.15) is 13.2 Å². The molecule has 0 aliphatic carbocycles. The molecule has 0 radical (unpaired) electrons. The van der Waals surface area contributed by atoms with E-state index < -0.39 is 5.60 Å². The minimum Gasteiger partial charge on any atom is -0.486 e. The first-order chi connectivity index (χ1) is 8.54. The maximum absolute atomic E-state index is 9.64. The first kappa shape index (κ1) is 13.2. The molecule has 2 rings (SSSR count). The van der Waals surface area contributed by atoms with Crippen LogP contribution in [0.1, 0.15) is 38.7 Å². The molecule has 0 saturated carbocycles. The van der Waals surface area contributed by atoms with Gasteiger partial charge in [0.2, 0.25) is 0 Å². The van der Waals surface area contributed by atoms with Crippen LogP contribution in [0.5, 0.6) is 11.5 Å². The van der Waals surface area contributed by atoms with Crippen molar-refractivity contribution in [3.05, 3.63) is 23.8 Å². The Kier molecular flexibility index (Phi) is 4.12. The lowest BCUT2D eigenvalue weighted by atomic mass is 9.99. The summed E-state index contributed by atoms with van der Waals surface area (Å²) < 4.78 is 11.1. The summed E-state index contributed by atoms with van der Waals surface area (Å²) in [5.74, 6) is 1.71. The van der Waals surface area contributed by atoms with Crippen LogP contribution in [0.25, 0.3) is 0 Å². The van der Waals surface area contributed by atoms with E-state index in [0.29, 0.717) is 13.2 Å². The van der Waals surface area contributed by atoms with Gasteiger partial charge in [0.25, 0.3) is 0 Å². The first-order valence-electron chi connectivity index (χ1n) is 6.65. The van der Waals surface area contributed by atoms with Crippen molar-refractivity contribution < 1.29 is 14.6 Å². The van der Waals surface area contributed by atoms with Crippen LogP contribution in [-0.4, -0.2) is 23.9 Å².